The Bertz CT molecular complexity index is 734. The van der Waals surface area contributed by atoms with E-state index in [-0.39, 0.29) is 47.1 Å². The molecule has 26 heavy (non-hydrogen) atoms. The molecule has 1 fully saturated rings. The van der Waals surface area contributed by atoms with Gasteiger partial charge in [0, 0.05) is 26.2 Å². The summed E-state index contributed by atoms with van der Waals surface area (Å²) in [7, 11) is -3.69. The molecule has 1 amide bonds. The van der Waals surface area contributed by atoms with E-state index in [0.717, 1.165) is 0 Å². The molecular formula is C15H23N3O6S2. The maximum Gasteiger partial charge on any atom is 0.315 e. The average molecular weight is 405 g/mol. The molecule has 1 aliphatic heterocycles. The Balaban J connectivity index is 1.87. The minimum absolute atomic E-state index is 0.0993. The molecule has 0 unspecified atom stereocenters. The molecule has 2 rings (SSSR count). The summed E-state index contributed by atoms with van der Waals surface area (Å²) in [6.45, 7) is 6.22. The zero-order chi connectivity index (χ0) is 19.3. The number of ether oxygens (including phenoxy) is 1. The van der Waals surface area contributed by atoms with Gasteiger partial charge in [-0.1, -0.05) is 5.16 Å². The van der Waals surface area contributed by atoms with Crippen molar-refractivity contribution >= 4 is 33.7 Å². The number of nitrogens with zero attached hydrogens (tertiary/aromatic N) is 3. The molecule has 0 saturated carbocycles. The van der Waals surface area contributed by atoms with Crippen LogP contribution in [0.2, 0.25) is 0 Å². The average Bonchev–Trinajstić information content (AvgIpc) is 2.94. The number of aryl methyl sites for hydroxylation is 2. The van der Waals surface area contributed by atoms with Gasteiger partial charge in [0.1, 0.15) is 10.6 Å². The lowest BCUT2D eigenvalue weighted by molar-refractivity contribution is -0.139. The van der Waals surface area contributed by atoms with Gasteiger partial charge in [-0.3, -0.25) is 9.59 Å². The van der Waals surface area contributed by atoms with E-state index in [0.29, 0.717) is 25.4 Å². The lowest BCUT2D eigenvalue weighted by atomic mass is 10.3. The fourth-order valence-electron chi connectivity index (χ4n) is 2.67. The topological polar surface area (TPSA) is 110 Å². The largest absolute Gasteiger partial charge is 0.465 e. The fraction of sp³-hybridized carbons (Fsp3) is 0.667. The number of carbonyl (C=O) groups is 2. The number of hydrogen-bond donors (Lipinski definition) is 0. The molecule has 0 bridgehead atoms. The maximum absolute atomic E-state index is 12.7. The molecule has 11 heteroatoms. The molecule has 2 heterocycles. The summed E-state index contributed by atoms with van der Waals surface area (Å²) in [5.41, 5.74) is 0.330. The van der Waals surface area contributed by atoms with E-state index < -0.39 is 10.0 Å². The summed E-state index contributed by atoms with van der Waals surface area (Å²) in [6.07, 6.45) is 0. The summed E-state index contributed by atoms with van der Waals surface area (Å²) in [5.74, 6) is 0.0841. The minimum Gasteiger partial charge on any atom is -0.465 e. The Morgan fingerprint density at radius 2 is 1.85 bits per heavy atom. The molecule has 0 N–H and O–H groups in total. The van der Waals surface area contributed by atoms with Gasteiger partial charge in [-0.2, -0.15) is 4.31 Å². The summed E-state index contributed by atoms with van der Waals surface area (Å²) >= 11 is 1.19. The van der Waals surface area contributed by atoms with Crippen LogP contribution in [0.3, 0.4) is 0 Å². The predicted molar refractivity (Wildman–Crippen MR) is 95.3 cm³/mol. The van der Waals surface area contributed by atoms with E-state index in [4.69, 9.17) is 9.26 Å². The van der Waals surface area contributed by atoms with E-state index in [1.54, 1.807) is 25.7 Å². The Labute approximate surface area is 157 Å². The van der Waals surface area contributed by atoms with Crippen LogP contribution in [-0.2, 0) is 24.3 Å². The number of sulfonamides is 1. The van der Waals surface area contributed by atoms with Crippen molar-refractivity contribution in [2.45, 2.75) is 25.7 Å². The van der Waals surface area contributed by atoms with Crippen molar-refractivity contribution in [3.05, 3.63) is 11.5 Å². The number of hydrogen-bond acceptors (Lipinski definition) is 8. The van der Waals surface area contributed by atoms with E-state index in [2.05, 4.69) is 5.16 Å². The van der Waals surface area contributed by atoms with Gasteiger partial charge in [0.2, 0.25) is 15.9 Å². The van der Waals surface area contributed by atoms with Crippen LogP contribution in [-0.4, -0.2) is 78.9 Å². The van der Waals surface area contributed by atoms with Gasteiger partial charge in [-0.15, -0.1) is 11.8 Å². The molecule has 0 atom stereocenters. The molecule has 1 aliphatic rings. The van der Waals surface area contributed by atoms with Crippen molar-refractivity contribution in [3.8, 4) is 0 Å². The van der Waals surface area contributed by atoms with Gasteiger partial charge in [0.25, 0.3) is 0 Å². The molecule has 0 spiro atoms. The number of amides is 1. The lowest BCUT2D eigenvalue weighted by Gasteiger charge is -2.33. The lowest BCUT2D eigenvalue weighted by Crippen LogP contribution is -2.51. The Kier molecular flexibility index (Phi) is 7.07. The standard InChI is InChI=1S/C15H23N3O6S2/c1-4-23-14(20)10-25-9-13(19)17-5-7-18(8-6-17)26(21,22)15-11(2)16-24-12(15)3/h4-10H2,1-3H3. The second kappa shape index (κ2) is 8.87. The second-order valence-electron chi connectivity index (χ2n) is 5.74. The summed E-state index contributed by atoms with van der Waals surface area (Å²) in [5, 5.41) is 3.70. The molecule has 0 aromatic carbocycles. The monoisotopic (exact) mass is 405 g/mol. The van der Waals surface area contributed by atoms with Crippen molar-refractivity contribution in [2.24, 2.45) is 0 Å². The highest BCUT2D eigenvalue weighted by Gasteiger charge is 2.34. The highest BCUT2D eigenvalue weighted by Crippen LogP contribution is 2.24. The van der Waals surface area contributed by atoms with Crippen LogP contribution in [0.15, 0.2) is 9.42 Å². The van der Waals surface area contributed by atoms with Gasteiger partial charge in [0.15, 0.2) is 5.76 Å². The number of carbonyl (C=O) groups excluding carboxylic acids is 2. The van der Waals surface area contributed by atoms with Crippen LogP contribution < -0.4 is 0 Å². The van der Waals surface area contributed by atoms with Gasteiger partial charge < -0.3 is 14.2 Å². The van der Waals surface area contributed by atoms with Gasteiger partial charge >= 0.3 is 5.97 Å². The first-order chi connectivity index (χ1) is 12.3. The van der Waals surface area contributed by atoms with Crippen molar-refractivity contribution in [1.29, 1.82) is 0 Å². The molecule has 1 aromatic heterocycles. The Morgan fingerprint density at radius 1 is 1.19 bits per heavy atom. The van der Waals surface area contributed by atoms with Crippen LogP contribution in [0.4, 0.5) is 0 Å². The minimum atomic E-state index is -3.69. The van der Waals surface area contributed by atoms with Crippen LogP contribution >= 0.6 is 11.8 Å². The normalized spacial score (nSPS) is 15.9. The molecule has 0 aliphatic carbocycles. The van der Waals surface area contributed by atoms with Crippen molar-refractivity contribution in [1.82, 2.24) is 14.4 Å². The van der Waals surface area contributed by atoms with Crippen LogP contribution in [0, 0.1) is 13.8 Å². The number of esters is 1. The summed E-state index contributed by atoms with van der Waals surface area (Å²) in [6, 6.07) is 0. The van der Waals surface area contributed by atoms with Crippen molar-refractivity contribution in [2.75, 3.05) is 44.3 Å². The van der Waals surface area contributed by atoms with Crippen LogP contribution in [0.1, 0.15) is 18.4 Å². The zero-order valence-electron chi connectivity index (χ0n) is 15.1. The number of thioether (sulfide) groups is 1. The van der Waals surface area contributed by atoms with Crippen LogP contribution in [0.5, 0.6) is 0 Å². The summed E-state index contributed by atoms with van der Waals surface area (Å²) in [4.78, 5) is 25.2. The van der Waals surface area contributed by atoms with Crippen molar-refractivity contribution < 1.29 is 27.3 Å². The highest BCUT2D eigenvalue weighted by atomic mass is 32.2. The smallest absolute Gasteiger partial charge is 0.315 e. The van der Waals surface area contributed by atoms with Crippen LogP contribution in [0.25, 0.3) is 0 Å². The predicted octanol–water partition coefficient (Wildman–Crippen LogP) is 0.421. The molecule has 9 nitrogen and oxygen atoms in total. The fourth-order valence-corrected chi connectivity index (χ4v) is 5.09. The third kappa shape index (κ3) is 4.77. The first-order valence-electron chi connectivity index (χ1n) is 8.21. The molecule has 1 aromatic rings. The van der Waals surface area contributed by atoms with Crippen molar-refractivity contribution in [3.63, 3.8) is 0 Å². The van der Waals surface area contributed by atoms with E-state index in [1.165, 1.54) is 16.1 Å². The van der Waals surface area contributed by atoms with E-state index >= 15 is 0 Å². The first-order valence-corrected chi connectivity index (χ1v) is 10.8. The summed E-state index contributed by atoms with van der Waals surface area (Å²) < 4.78 is 36.6. The quantitative estimate of drug-likeness (QED) is 0.600. The van der Waals surface area contributed by atoms with E-state index in [1.807, 2.05) is 0 Å². The first kappa shape index (κ1) is 20.7. The molecule has 146 valence electrons. The molecule has 0 radical (unpaired) electrons. The molecule has 1 saturated heterocycles. The maximum atomic E-state index is 12.7. The number of piperazine rings is 1. The second-order valence-corrected chi connectivity index (χ2v) is 8.60. The number of rotatable bonds is 7. The van der Waals surface area contributed by atoms with E-state index in [9.17, 15) is 18.0 Å². The third-order valence-corrected chi connectivity index (χ3v) is 6.94. The van der Waals surface area contributed by atoms with Gasteiger partial charge in [-0.25, -0.2) is 8.42 Å². The SMILES string of the molecule is CCOC(=O)CSCC(=O)N1CCN(S(=O)(=O)c2c(C)noc2C)CC1. The van der Waals surface area contributed by atoms with Gasteiger partial charge in [0.05, 0.1) is 18.1 Å². The molecular weight excluding hydrogens is 382 g/mol. The Hall–Kier alpha value is -1.59. The Morgan fingerprint density at radius 3 is 2.38 bits per heavy atom. The third-order valence-electron chi connectivity index (χ3n) is 3.91. The number of aromatic nitrogens is 1. The highest BCUT2D eigenvalue weighted by molar-refractivity contribution is 8.00. The zero-order valence-corrected chi connectivity index (χ0v) is 16.7. The van der Waals surface area contributed by atoms with Gasteiger partial charge in [-0.05, 0) is 20.8 Å².